The Morgan fingerprint density at radius 1 is 0.925 bits per heavy atom. The summed E-state index contributed by atoms with van der Waals surface area (Å²) in [5.74, 6) is 0.430. The van der Waals surface area contributed by atoms with Crippen LogP contribution in [0.4, 0.5) is 0 Å². The van der Waals surface area contributed by atoms with E-state index in [-0.39, 0.29) is 54.6 Å². The molecule has 3 aliphatic heterocycles. The minimum Gasteiger partial charge on any atom is -0.502 e. The van der Waals surface area contributed by atoms with Gasteiger partial charge in [-0.25, -0.2) is 0 Å². The highest BCUT2D eigenvalue weighted by atomic mass is 16.7. The van der Waals surface area contributed by atoms with Crippen LogP contribution in [0.3, 0.4) is 0 Å². The van der Waals surface area contributed by atoms with Crippen LogP contribution in [0, 0.1) is 11.8 Å². The fourth-order valence-corrected chi connectivity index (χ4v) is 7.51. The lowest BCUT2D eigenvalue weighted by molar-refractivity contribution is -0.246. The number of hydroxylamine groups is 2. The van der Waals surface area contributed by atoms with Crippen molar-refractivity contribution in [3.8, 4) is 28.7 Å². The van der Waals surface area contributed by atoms with Crippen LogP contribution in [-0.4, -0.2) is 66.1 Å². The summed E-state index contributed by atoms with van der Waals surface area (Å²) in [5.41, 5.74) is 1.84. The lowest BCUT2D eigenvalue weighted by Gasteiger charge is -2.53. The van der Waals surface area contributed by atoms with Gasteiger partial charge in [-0.05, 0) is 81.5 Å². The topological polar surface area (TPSA) is 119 Å². The first-order chi connectivity index (χ1) is 18.9. The summed E-state index contributed by atoms with van der Waals surface area (Å²) in [5, 5.41) is 26.8. The van der Waals surface area contributed by atoms with E-state index in [1.165, 1.54) is 19.3 Å². The number of fused-ring (bicyclic) bond motifs is 3. The van der Waals surface area contributed by atoms with Crippen molar-refractivity contribution in [2.24, 2.45) is 11.8 Å². The number of nitrogens with one attached hydrogen (secondary N) is 1. The standard InChI is InChI=1S/C30H38N2O8/c1-29(2)11-16(12-30(3,4)32(29)35)31-26-18-10-21-20(39-14-40-21)9-17(18)24(25-19(26)13-38-28(25)34)15-7-22(36-5)27(33)23(8-15)37-6/h7-10,16,19,24-26,31,33,35H,11-14H2,1-6H3/t19-,24+,25-,26+/m1/s1. The molecule has 10 heteroatoms. The van der Waals surface area contributed by atoms with Crippen molar-refractivity contribution in [1.29, 1.82) is 0 Å². The fraction of sp³-hybridized carbons (Fsp3) is 0.567. The lowest BCUT2D eigenvalue weighted by atomic mass is 9.65. The molecule has 0 unspecified atom stereocenters. The van der Waals surface area contributed by atoms with Gasteiger partial charge in [0.2, 0.25) is 12.5 Å². The number of methoxy groups -OCH3 is 2. The van der Waals surface area contributed by atoms with Crippen LogP contribution < -0.4 is 24.3 Å². The smallest absolute Gasteiger partial charge is 0.310 e. The number of esters is 1. The normalized spacial score (nSPS) is 28.5. The Morgan fingerprint density at radius 2 is 1.50 bits per heavy atom. The van der Waals surface area contributed by atoms with Gasteiger partial charge in [-0.2, -0.15) is 5.06 Å². The summed E-state index contributed by atoms with van der Waals surface area (Å²) < 4.78 is 28.2. The third-order valence-electron chi connectivity index (χ3n) is 9.10. The van der Waals surface area contributed by atoms with Gasteiger partial charge >= 0.3 is 5.97 Å². The maximum atomic E-state index is 13.4. The second kappa shape index (κ2) is 9.43. The molecule has 1 aliphatic carbocycles. The summed E-state index contributed by atoms with van der Waals surface area (Å²) in [7, 11) is 2.97. The molecule has 0 amide bonds. The zero-order chi connectivity index (χ0) is 28.6. The lowest BCUT2D eigenvalue weighted by Crippen LogP contribution is -2.63. The van der Waals surface area contributed by atoms with Crippen molar-refractivity contribution in [3.05, 3.63) is 41.0 Å². The van der Waals surface area contributed by atoms with Gasteiger partial charge in [0.1, 0.15) is 0 Å². The number of aromatic hydroxyl groups is 1. The van der Waals surface area contributed by atoms with Crippen molar-refractivity contribution in [2.45, 2.75) is 69.6 Å². The van der Waals surface area contributed by atoms with E-state index in [0.717, 1.165) is 29.5 Å². The minimum absolute atomic E-state index is 0.0819. The average molecular weight is 555 g/mol. The third-order valence-corrected chi connectivity index (χ3v) is 9.10. The van der Waals surface area contributed by atoms with Crippen LogP contribution in [-0.2, 0) is 9.53 Å². The average Bonchev–Trinajstić information content (AvgIpc) is 3.52. The molecule has 0 radical (unpaired) electrons. The van der Waals surface area contributed by atoms with Gasteiger partial charge < -0.3 is 39.3 Å². The van der Waals surface area contributed by atoms with Crippen molar-refractivity contribution in [3.63, 3.8) is 0 Å². The first-order valence-corrected chi connectivity index (χ1v) is 13.8. The van der Waals surface area contributed by atoms with Gasteiger partial charge in [-0.15, -0.1) is 0 Å². The highest BCUT2D eigenvalue weighted by molar-refractivity contribution is 5.79. The van der Waals surface area contributed by atoms with Crippen LogP contribution in [0.2, 0.25) is 0 Å². The molecule has 2 saturated heterocycles. The van der Waals surface area contributed by atoms with E-state index in [9.17, 15) is 15.1 Å². The van der Waals surface area contributed by atoms with Gasteiger partial charge in [0.15, 0.2) is 23.0 Å². The summed E-state index contributed by atoms with van der Waals surface area (Å²) >= 11 is 0. The fourth-order valence-electron chi connectivity index (χ4n) is 7.51. The maximum absolute atomic E-state index is 13.4. The van der Waals surface area contributed by atoms with Crippen LogP contribution in [0.5, 0.6) is 28.7 Å². The number of hydrogen-bond acceptors (Lipinski definition) is 10. The van der Waals surface area contributed by atoms with Gasteiger partial charge in [0, 0.05) is 35.0 Å². The highest BCUT2D eigenvalue weighted by Crippen LogP contribution is 2.56. The van der Waals surface area contributed by atoms with Crippen LogP contribution in [0.1, 0.15) is 69.2 Å². The molecule has 0 bridgehead atoms. The Morgan fingerprint density at radius 3 is 2.08 bits per heavy atom. The maximum Gasteiger partial charge on any atom is 0.310 e. The van der Waals surface area contributed by atoms with Crippen LogP contribution in [0.25, 0.3) is 0 Å². The van der Waals surface area contributed by atoms with Gasteiger partial charge in [0.05, 0.1) is 26.7 Å². The third kappa shape index (κ3) is 4.15. The van der Waals surface area contributed by atoms with E-state index in [1.807, 2.05) is 39.8 Å². The van der Waals surface area contributed by atoms with E-state index in [4.69, 9.17) is 23.7 Å². The molecule has 2 aromatic carbocycles. The summed E-state index contributed by atoms with van der Waals surface area (Å²) in [6.45, 7) is 8.59. The van der Waals surface area contributed by atoms with Gasteiger partial charge in [0.25, 0.3) is 0 Å². The molecule has 3 N–H and O–H groups in total. The van der Waals surface area contributed by atoms with Crippen molar-refractivity contribution in [1.82, 2.24) is 10.4 Å². The molecule has 4 atom stereocenters. The second-order valence-corrected chi connectivity index (χ2v) is 12.6. The number of carbonyl (C=O) groups is 1. The number of ether oxygens (including phenoxy) is 5. The number of cyclic esters (lactones) is 1. The Hall–Kier alpha value is -3.21. The van der Waals surface area contributed by atoms with Crippen molar-refractivity contribution in [2.75, 3.05) is 27.6 Å². The number of piperidine rings is 1. The van der Waals surface area contributed by atoms with E-state index in [2.05, 4.69) is 5.32 Å². The Bertz CT molecular complexity index is 1300. The quantitative estimate of drug-likeness (QED) is 0.466. The second-order valence-electron chi connectivity index (χ2n) is 12.6. The zero-order valence-corrected chi connectivity index (χ0v) is 23.8. The largest absolute Gasteiger partial charge is 0.502 e. The number of phenolic OH excluding ortho intramolecular Hbond substituents is 1. The van der Waals surface area contributed by atoms with Crippen molar-refractivity contribution >= 4 is 5.97 Å². The Balaban J connectivity index is 1.49. The predicted octanol–water partition coefficient (Wildman–Crippen LogP) is 4.11. The molecular formula is C30H38N2O8. The molecule has 0 saturated carbocycles. The molecule has 2 aromatic rings. The van der Waals surface area contributed by atoms with Gasteiger partial charge in [-0.1, -0.05) is 0 Å². The number of phenols is 1. The first kappa shape index (κ1) is 27.0. The molecule has 3 heterocycles. The van der Waals surface area contributed by atoms with E-state index < -0.39 is 22.9 Å². The summed E-state index contributed by atoms with van der Waals surface area (Å²) in [4.78, 5) is 13.4. The Labute approximate surface area is 234 Å². The monoisotopic (exact) mass is 554 g/mol. The number of rotatable bonds is 5. The first-order valence-electron chi connectivity index (χ1n) is 13.8. The molecule has 4 aliphatic rings. The molecule has 10 nitrogen and oxygen atoms in total. The zero-order valence-electron chi connectivity index (χ0n) is 23.8. The number of benzene rings is 2. The van der Waals surface area contributed by atoms with E-state index in [0.29, 0.717) is 11.5 Å². The molecule has 216 valence electrons. The number of hydrogen-bond donors (Lipinski definition) is 3. The molecule has 2 fully saturated rings. The summed E-state index contributed by atoms with van der Waals surface area (Å²) in [6, 6.07) is 7.39. The van der Waals surface area contributed by atoms with Gasteiger partial charge in [-0.3, -0.25) is 4.79 Å². The predicted molar refractivity (Wildman–Crippen MR) is 144 cm³/mol. The molecular weight excluding hydrogens is 516 g/mol. The minimum atomic E-state index is -0.483. The molecule has 0 spiro atoms. The van der Waals surface area contributed by atoms with E-state index >= 15 is 0 Å². The van der Waals surface area contributed by atoms with E-state index in [1.54, 1.807) is 12.1 Å². The van der Waals surface area contributed by atoms with Crippen molar-refractivity contribution < 1.29 is 38.8 Å². The number of carbonyl (C=O) groups excluding carboxylic acids is 1. The highest BCUT2D eigenvalue weighted by Gasteiger charge is 2.54. The van der Waals surface area contributed by atoms with Crippen LogP contribution >= 0.6 is 0 Å². The molecule has 40 heavy (non-hydrogen) atoms. The summed E-state index contributed by atoms with van der Waals surface area (Å²) in [6.07, 6.45) is 1.45. The Kier molecular flexibility index (Phi) is 6.36. The SMILES string of the molecule is COc1cc([C@H]2c3cc4c(cc3[C@H](NC3CC(C)(C)N(O)C(C)(C)C3)[C@@H]3COC(=O)[C@@H]23)OCO4)cc(OC)c1O. The van der Waals surface area contributed by atoms with Crippen LogP contribution in [0.15, 0.2) is 24.3 Å². The molecule has 6 rings (SSSR count). The number of nitrogens with zero attached hydrogens (tertiary/aromatic N) is 1. The molecule has 0 aromatic heterocycles.